The van der Waals surface area contributed by atoms with Crippen molar-refractivity contribution < 1.29 is 44.3 Å². The third-order valence-electron chi connectivity index (χ3n) is 12.7. The van der Waals surface area contributed by atoms with Crippen LogP contribution in [0.2, 0.25) is 0 Å². The van der Waals surface area contributed by atoms with Gasteiger partial charge in [-0.2, -0.15) is 13.2 Å². The molecule has 0 amide bonds. The molecule has 446 valence electrons. The Kier molecular flexibility index (Phi) is 18.7. The number of hydrogen-bond acceptors (Lipinski definition) is 15. The fraction of sp³-hybridized carbons (Fsp3) is 0.145. The van der Waals surface area contributed by atoms with Gasteiger partial charge in [0.25, 0.3) is 5.56 Å². The number of aromatic amines is 1. The van der Waals surface area contributed by atoms with Crippen molar-refractivity contribution in [2.75, 3.05) is 17.7 Å². The lowest BCUT2D eigenvalue weighted by Crippen LogP contribution is -2.40. The molecule has 6 N–H and O–H groups in total. The van der Waals surface area contributed by atoms with E-state index in [9.17, 15) is 34.8 Å². The van der Waals surface area contributed by atoms with Crippen molar-refractivity contribution in [3.05, 3.63) is 222 Å². The van der Waals surface area contributed by atoms with E-state index in [1.807, 2.05) is 170 Å². The number of carbonyl (C=O) groups is 1. The van der Waals surface area contributed by atoms with Gasteiger partial charge in [-0.25, -0.2) is 50.7 Å². The molecule has 0 fully saturated rings. The standard InChI is InChI=1S/C36H36N6O4S.C24H20N6O3S.C2HF3O/c1-36(2,3)41-47(43,44)31-21-28(23-38-35(31)46-24-26-15-17-29(45-4)18-16-26)33-39-34(37-22-25-11-7-5-8-12-25)32-30(19-20-42(32)40-33)27-13-9-6-10-14-27;25-34(32,33)20-13-18(15-27-24(20)31)22-28-23(26-14-16-7-3-1-4-8-16)21-19(11-12-30(21)29-22)17-9-5-2-6-10-17;3-2(4,5)1-6/h5-21,23,41H,22,24H2,1-4H3,(H,37,39,40);1-13,15H,14H2,(H,27,31)(H2,25,32,33)(H,26,28,29);1H. The highest BCUT2D eigenvalue weighted by atomic mass is 32.2. The van der Waals surface area contributed by atoms with E-state index in [2.05, 4.69) is 30.4 Å². The van der Waals surface area contributed by atoms with Crippen LogP contribution in [-0.4, -0.2) is 81.1 Å². The summed E-state index contributed by atoms with van der Waals surface area (Å²) in [5.74, 6) is 2.35. The number of halogens is 3. The molecule has 0 radical (unpaired) electrons. The van der Waals surface area contributed by atoms with Gasteiger partial charge in [0, 0.05) is 65.7 Å². The number of anilines is 2. The van der Waals surface area contributed by atoms with Crippen LogP contribution in [0.5, 0.6) is 11.6 Å². The highest BCUT2D eigenvalue weighted by Crippen LogP contribution is 2.35. The minimum absolute atomic E-state index is 0.0304. The molecular weight excluding hydrogens is 1160 g/mol. The zero-order chi connectivity index (χ0) is 61.9. The number of sulfonamides is 2. The Morgan fingerprint density at radius 2 is 1.08 bits per heavy atom. The smallest absolute Gasteiger partial charge is 0.446 e. The molecule has 11 rings (SSSR count). The number of nitrogens with one attached hydrogen (secondary N) is 4. The average molecular weight is 1220 g/mol. The van der Waals surface area contributed by atoms with Crippen LogP contribution in [0.3, 0.4) is 0 Å². The van der Waals surface area contributed by atoms with Gasteiger partial charge in [-0.3, -0.25) is 9.59 Å². The molecule has 0 saturated carbocycles. The van der Waals surface area contributed by atoms with Crippen LogP contribution in [0.25, 0.3) is 56.1 Å². The summed E-state index contributed by atoms with van der Waals surface area (Å²) in [6, 6.07) is 53.8. The summed E-state index contributed by atoms with van der Waals surface area (Å²) >= 11 is 0. The van der Waals surface area contributed by atoms with Gasteiger partial charge in [0.05, 0.1) is 7.11 Å². The largest absolute Gasteiger partial charge is 0.497 e. The summed E-state index contributed by atoms with van der Waals surface area (Å²) in [5.41, 5.74) is 7.64. The molecule has 11 aromatic rings. The van der Waals surface area contributed by atoms with Gasteiger partial charge >= 0.3 is 6.18 Å². The Hall–Kier alpha value is -10.1. The number of fused-ring (bicyclic) bond motifs is 2. The molecule has 5 aromatic carbocycles. The Balaban J connectivity index is 0.000000197. The molecule has 25 heteroatoms. The summed E-state index contributed by atoms with van der Waals surface area (Å²) in [6.45, 7) is 6.47. The Bertz CT molecular complexity index is 4480. The van der Waals surface area contributed by atoms with E-state index in [1.165, 1.54) is 24.5 Å². The zero-order valence-electron chi connectivity index (χ0n) is 47.1. The minimum Gasteiger partial charge on any atom is -0.497 e. The average Bonchev–Trinajstić information content (AvgIpc) is 1.86. The molecule has 87 heavy (non-hydrogen) atoms. The summed E-state index contributed by atoms with van der Waals surface area (Å²) in [4.78, 5) is 36.5. The number of carbonyl (C=O) groups excluding carboxylic acids is 1. The van der Waals surface area contributed by atoms with E-state index in [4.69, 9.17) is 34.5 Å². The number of nitrogens with zero attached hydrogens (tertiary/aromatic N) is 7. The maximum atomic E-state index is 13.7. The number of aldehydes is 1. The van der Waals surface area contributed by atoms with E-state index in [-0.39, 0.29) is 23.2 Å². The van der Waals surface area contributed by atoms with E-state index < -0.39 is 48.5 Å². The summed E-state index contributed by atoms with van der Waals surface area (Å²) in [5, 5.41) is 21.4. The number of nitrogens with two attached hydrogens (primary N) is 1. The number of methoxy groups -OCH3 is 1. The number of primary sulfonamides is 1. The predicted octanol–water partition coefficient (Wildman–Crippen LogP) is 10.5. The van der Waals surface area contributed by atoms with Crippen molar-refractivity contribution >= 4 is 49.0 Å². The van der Waals surface area contributed by atoms with Crippen LogP contribution >= 0.6 is 0 Å². The van der Waals surface area contributed by atoms with Crippen molar-refractivity contribution in [1.29, 1.82) is 0 Å². The van der Waals surface area contributed by atoms with E-state index in [0.29, 0.717) is 47.4 Å². The quantitative estimate of drug-likeness (QED) is 0.0531. The monoisotopic (exact) mass is 1220 g/mol. The number of pyridine rings is 2. The Morgan fingerprint density at radius 3 is 1.53 bits per heavy atom. The van der Waals surface area contributed by atoms with Crippen molar-refractivity contribution in [1.82, 2.24) is 43.9 Å². The number of rotatable bonds is 17. The maximum absolute atomic E-state index is 13.7. The third-order valence-corrected chi connectivity index (χ3v) is 15.4. The normalized spacial score (nSPS) is 11.7. The number of alkyl halides is 3. The van der Waals surface area contributed by atoms with Crippen molar-refractivity contribution in [2.45, 2.75) is 62.0 Å². The number of ether oxygens (including phenoxy) is 2. The molecule has 0 atom stereocenters. The molecule has 0 saturated heterocycles. The second-order valence-corrected chi connectivity index (χ2v) is 23.5. The maximum Gasteiger partial charge on any atom is 0.446 e. The summed E-state index contributed by atoms with van der Waals surface area (Å²) < 4.78 is 99.8. The molecule has 0 aliphatic rings. The third kappa shape index (κ3) is 15.8. The molecule has 20 nitrogen and oxygen atoms in total. The lowest BCUT2D eigenvalue weighted by atomic mass is 10.1. The number of aromatic nitrogens is 8. The first-order valence-corrected chi connectivity index (χ1v) is 29.6. The van der Waals surface area contributed by atoms with Crippen LogP contribution in [0.15, 0.2) is 209 Å². The van der Waals surface area contributed by atoms with Crippen LogP contribution in [-0.2, 0) is 44.5 Å². The minimum atomic E-state index is -4.64. The predicted molar refractivity (Wildman–Crippen MR) is 325 cm³/mol. The van der Waals surface area contributed by atoms with Crippen LogP contribution in [0.1, 0.15) is 37.5 Å². The van der Waals surface area contributed by atoms with Crippen LogP contribution in [0, 0.1) is 0 Å². The van der Waals surface area contributed by atoms with E-state index in [0.717, 1.165) is 50.0 Å². The SMILES string of the molecule is COc1ccc(COc2ncc(-c3nc(NCc4ccccc4)c4c(-c5ccccc5)ccn4n3)cc2S(=O)(=O)NC(C)(C)C)cc1.NS(=O)(=O)c1cc(-c2nc(NCc3ccccc3)c3c(-c4ccccc4)ccn3n2)c[nH]c1=O.O=CC(F)(F)F. The first-order chi connectivity index (χ1) is 41.6. The van der Waals surface area contributed by atoms with Gasteiger partial charge in [-0.05, 0) is 85.0 Å². The summed E-state index contributed by atoms with van der Waals surface area (Å²) in [7, 11) is -6.68. The number of hydrogen-bond donors (Lipinski definition) is 5. The molecular formula is C62H57F3N12O8S2. The van der Waals surface area contributed by atoms with E-state index in [1.54, 1.807) is 36.9 Å². The zero-order valence-corrected chi connectivity index (χ0v) is 48.7. The summed E-state index contributed by atoms with van der Waals surface area (Å²) in [6.07, 6.45) is 0.870. The molecule has 0 aliphatic heterocycles. The highest BCUT2D eigenvalue weighted by molar-refractivity contribution is 7.89. The molecule has 0 bridgehead atoms. The first kappa shape index (κ1) is 61.5. The van der Waals surface area contributed by atoms with Gasteiger partial charge in [0.2, 0.25) is 32.2 Å². The molecule has 0 unspecified atom stereocenters. The number of benzene rings is 5. The Labute approximate surface area is 498 Å². The second kappa shape index (κ2) is 26.5. The van der Waals surface area contributed by atoms with Gasteiger partial charge in [-0.15, -0.1) is 10.2 Å². The van der Waals surface area contributed by atoms with Gasteiger partial charge in [-0.1, -0.05) is 133 Å². The second-order valence-electron chi connectivity index (χ2n) is 20.3. The number of H-pyrrole nitrogens is 1. The lowest BCUT2D eigenvalue weighted by molar-refractivity contribution is -0.156. The van der Waals surface area contributed by atoms with Gasteiger partial charge < -0.3 is 25.1 Å². The van der Waals surface area contributed by atoms with Crippen molar-refractivity contribution in [3.8, 4) is 56.7 Å². The van der Waals surface area contributed by atoms with Crippen molar-refractivity contribution in [3.63, 3.8) is 0 Å². The highest BCUT2D eigenvalue weighted by Gasteiger charge is 2.29. The molecule has 0 aliphatic carbocycles. The fourth-order valence-corrected chi connectivity index (χ4v) is 10.9. The fourth-order valence-electron chi connectivity index (χ4n) is 8.80. The van der Waals surface area contributed by atoms with Gasteiger partial charge in [0.1, 0.15) is 33.2 Å². The van der Waals surface area contributed by atoms with Gasteiger partial charge in [0.15, 0.2) is 23.3 Å². The lowest BCUT2D eigenvalue weighted by Gasteiger charge is -2.21. The first-order valence-electron chi connectivity index (χ1n) is 26.6. The van der Waals surface area contributed by atoms with E-state index >= 15 is 0 Å². The van der Waals surface area contributed by atoms with Crippen molar-refractivity contribution in [2.24, 2.45) is 5.14 Å². The molecule has 0 spiro atoms. The molecule has 6 heterocycles. The molecule has 6 aromatic heterocycles. The van der Waals surface area contributed by atoms with Crippen LogP contribution < -0.4 is 35.5 Å². The van der Waals surface area contributed by atoms with Crippen LogP contribution in [0.4, 0.5) is 24.8 Å². The Morgan fingerprint density at radius 1 is 0.621 bits per heavy atom. The topological polar surface area (TPSA) is 272 Å².